The minimum Gasteiger partial charge on any atom is -0.380 e. The van der Waals surface area contributed by atoms with Gasteiger partial charge < -0.3 is 10.3 Å². The number of halogens is 2. The van der Waals surface area contributed by atoms with E-state index in [9.17, 15) is 4.39 Å². The number of nitrogens with zero attached hydrogens (tertiary/aromatic N) is 1. The van der Waals surface area contributed by atoms with Crippen LogP contribution in [0.2, 0.25) is 0 Å². The third-order valence-corrected chi connectivity index (χ3v) is 3.76. The van der Waals surface area contributed by atoms with E-state index >= 15 is 0 Å². The van der Waals surface area contributed by atoms with Crippen LogP contribution in [0.5, 0.6) is 0 Å². The summed E-state index contributed by atoms with van der Waals surface area (Å²) in [6.45, 7) is 1.71. The van der Waals surface area contributed by atoms with Crippen molar-refractivity contribution in [2.24, 2.45) is 0 Å². The van der Waals surface area contributed by atoms with Gasteiger partial charge in [0.1, 0.15) is 5.82 Å². The molecule has 0 atom stereocenters. The van der Waals surface area contributed by atoms with Gasteiger partial charge in [-0.15, -0.1) is 0 Å². The summed E-state index contributed by atoms with van der Waals surface area (Å²) >= 11 is 3.42. The third kappa shape index (κ3) is 2.56. The average molecular weight is 347 g/mol. The number of nitrogen functional groups attached to an aromatic ring is 1. The van der Waals surface area contributed by atoms with Crippen LogP contribution in [0.3, 0.4) is 0 Å². The fourth-order valence-electron chi connectivity index (χ4n) is 2.16. The normalized spacial score (nSPS) is 10.8. The molecule has 106 valence electrons. The fraction of sp³-hybridized carbons (Fsp3) is 0.0625. The van der Waals surface area contributed by atoms with Crippen LogP contribution in [0.15, 0.2) is 51.5 Å². The van der Waals surface area contributed by atoms with Crippen molar-refractivity contribution in [1.29, 1.82) is 0 Å². The number of rotatable bonds is 2. The number of nitrogens with two attached hydrogens (primary N) is 1. The zero-order chi connectivity index (χ0) is 15.0. The number of hydrogen-bond acceptors (Lipinski definition) is 3. The molecule has 0 spiro atoms. The maximum atomic E-state index is 13.8. The van der Waals surface area contributed by atoms with E-state index in [0.29, 0.717) is 22.5 Å². The Hall–Kier alpha value is -2.14. The molecule has 3 rings (SSSR count). The first kappa shape index (κ1) is 13.8. The van der Waals surface area contributed by atoms with E-state index in [1.54, 1.807) is 19.1 Å². The van der Waals surface area contributed by atoms with Crippen molar-refractivity contribution in [3.63, 3.8) is 0 Å². The minimum absolute atomic E-state index is 0.282. The number of anilines is 1. The Kier molecular flexibility index (Phi) is 3.51. The summed E-state index contributed by atoms with van der Waals surface area (Å²) in [5.74, 6) is 0.455. The molecule has 1 aromatic heterocycles. The molecule has 5 heteroatoms. The number of benzene rings is 2. The van der Waals surface area contributed by atoms with E-state index in [-0.39, 0.29) is 11.6 Å². The Morgan fingerprint density at radius 3 is 2.67 bits per heavy atom. The van der Waals surface area contributed by atoms with Crippen LogP contribution in [0.4, 0.5) is 10.2 Å². The van der Waals surface area contributed by atoms with Gasteiger partial charge in [0.05, 0.1) is 5.56 Å². The molecule has 0 radical (unpaired) electrons. The van der Waals surface area contributed by atoms with Crippen molar-refractivity contribution in [3.8, 4) is 22.5 Å². The van der Waals surface area contributed by atoms with Crippen molar-refractivity contribution in [2.45, 2.75) is 6.92 Å². The van der Waals surface area contributed by atoms with Gasteiger partial charge in [0, 0.05) is 10.0 Å². The lowest BCUT2D eigenvalue weighted by Crippen LogP contribution is -1.90. The molecule has 0 aliphatic rings. The van der Waals surface area contributed by atoms with Gasteiger partial charge in [-0.3, -0.25) is 0 Å². The van der Waals surface area contributed by atoms with Crippen molar-refractivity contribution in [2.75, 3.05) is 5.73 Å². The lowest BCUT2D eigenvalue weighted by atomic mass is 10.0. The molecule has 0 unspecified atom stereocenters. The number of aromatic nitrogens is 1. The first-order chi connectivity index (χ1) is 10.1. The second kappa shape index (κ2) is 5.33. The minimum atomic E-state index is -0.289. The highest BCUT2D eigenvalue weighted by molar-refractivity contribution is 9.10. The molecule has 3 aromatic rings. The van der Waals surface area contributed by atoms with E-state index in [1.165, 1.54) is 6.07 Å². The molecule has 2 N–H and O–H groups in total. The van der Waals surface area contributed by atoms with E-state index < -0.39 is 0 Å². The second-order valence-electron chi connectivity index (χ2n) is 4.75. The molecule has 0 aliphatic carbocycles. The largest absolute Gasteiger partial charge is 0.380 e. The van der Waals surface area contributed by atoms with Crippen molar-refractivity contribution >= 4 is 21.7 Å². The van der Waals surface area contributed by atoms with Crippen LogP contribution < -0.4 is 5.73 Å². The standard InChI is InChI=1S/C16H12BrFN2O/c1-9-5-6-11(8-13(9)18)15-14(16(19)20-21-15)10-3-2-4-12(17)7-10/h2-8H,1H3,(H2,19,20). The van der Waals surface area contributed by atoms with Gasteiger partial charge >= 0.3 is 0 Å². The molecule has 0 saturated carbocycles. The van der Waals surface area contributed by atoms with Gasteiger partial charge in [0.25, 0.3) is 0 Å². The quantitative estimate of drug-likeness (QED) is 0.724. The molecule has 21 heavy (non-hydrogen) atoms. The first-order valence-corrected chi connectivity index (χ1v) is 7.13. The van der Waals surface area contributed by atoms with Crippen LogP contribution in [-0.2, 0) is 0 Å². The molecule has 0 fully saturated rings. The van der Waals surface area contributed by atoms with E-state index in [2.05, 4.69) is 21.1 Å². The van der Waals surface area contributed by atoms with Gasteiger partial charge in [-0.2, -0.15) is 0 Å². The first-order valence-electron chi connectivity index (χ1n) is 6.34. The molecule has 0 aliphatic heterocycles. The van der Waals surface area contributed by atoms with Gasteiger partial charge in [0.2, 0.25) is 0 Å². The molecule has 0 amide bonds. The Bertz CT molecular complexity index is 814. The molecule has 2 aromatic carbocycles. The summed E-state index contributed by atoms with van der Waals surface area (Å²) in [6, 6.07) is 12.5. The second-order valence-corrected chi connectivity index (χ2v) is 5.66. The molecule has 0 bridgehead atoms. The molecule has 3 nitrogen and oxygen atoms in total. The lowest BCUT2D eigenvalue weighted by Gasteiger charge is -2.04. The van der Waals surface area contributed by atoms with E-state index in [1.807, 2.05) is 24.3 Å². The van der Waals surface area contributed by atoms with Gasteiger partial charge in [-0.25, -0.2) is 4.39 Å². The Morgan fingerprint density at radius 1 is 1.14 bits per heavy atom. The van der Waals surface area contributed by atoms with E-state index in [4.69, 9.17) is 10.3 Å². The van der Waals surface area contributed by atoms with Crippen LogP contribution in [0.25, 0.3) is 22.5 Å². The average Bonchev–Trinajstić information content (AvgIpc) is 2.84. The van der Waals surface area contributed by atoms with E-state index in [0.717, 1.165) is 10.0 Å². The summed E-state index contributed by atoms with van der Waals surface area (Å²) in [6.07, 6.45) is 0. The zero-order valence-electron chi connectivity index (χ0n) is 11.2. The van der Waals surface area contributed by atoms with Crippen molar-refractivity contribution < 1.29 is 8.91 Å². The summed E-state index contributed by atoms with van der Waals surface area (Å²) in [5, 5.41) is 3.82. The summed E-state index contributed by atoms with van der Waals surface area (Å²) in [5.41, 5.74) is 8.63. The third-order valence-electron chi connectivity index (χ3n) is 3.27. The SMILES string of the molecule is Cc1ccc(-c2onc(N)c2-c2cccc(Br)c2)cc1F. The molecular weight excluding hydrogens is 335 g/mol. The maximum Gasteiger partial charge on any atom is 0.177 e. The van der Waals surface area contributed by atoms with Gasteiger partial charge in [0.15, 0.2) is 11.6 Å². The van der Waals surface area contributed by atoms with Crippen LogP contribution in [-0.4, -0.2) is 5.16 Å². The predicted octanol–water partition coefficient (Wildman–Crippen LogP) is 4.80. The zero-order valence-corrected chi connectivity index (χ0v) is 12.8. The predicted molar refractivity (Wildman–Crippen MR) is 84.2 cm³/mol. The van der Waals surface area contributed by atoms with Crippen LogP contribution in [0, 0.1) is 12.7 Å². The van der Waals surface area contributed by atoms with Crippen LogP contribution in [0.1, 0.15) is 5.56 Å². The lowest BCUT2D eigenvalue weighted by molar-refractivity contribution is 0.436. The topological polar surface area (TPSA) is 52.0 Å². The van der Waals surface area contributed by atoms with Crippen molar-refractivity contribution in [1.82, 2.24) is 5.16 Å². The van der Waals surface area contributed by atoms with Crippen molar-refractivity contribution in [3.05, 3.63) is 58.3 Å². The number of hydrogen-bond donors (Lipinski definition) is 1. The summed E-state index contributed by atoms with van der Waals surface area (Å²) < 4.78 is 20.0. The van der Waals surface area contributed by atoms with Gasteiger partial charge in [-0.05, 0) is 36.2 Å². The number of aryl methyl sites for hydroxylation is 1. The highest BCUT2D eigenvalue weighted by atomic mass is 79.9. The van der Waals surface area contributed by atoms with Crippen LogP contribution >= 0.6 is 15.9 Å². The Labute approximate surface area is 129 Å². The molecule has 0 saturated heterocycles. The smallest absolute Gasteiger partial charge is 0.177 e. The summed E-state index contributed by atoms with van der Waals surface area (Å²) in [4.78, 5) is 0. The maximum absolute atomic E-state index is 13.8. The summed E-state index contributed by atoms with van der Waals surface area (Å²) in [7, 11) is 0. The highest BCUT2D eigenvalue weighted by Crippen LogP contribution is 2.37. The molecule has 1 heterocycles. The monoisotopic (exact) mass is 346 g/mol. The highest BCUT2D eigenvalue weighted by Gasteiger charge is 2.18. The molecular formula is C16H12BrFN2O. The fourth-order valence-corrected chi connectivity index (χ4v) is 2.56. The Balaban J connectivity index is 2.19. The van der Waals surface area contributed by atoms with Gasteiger partial charge in [-0.1, -0.05) is 45.4 Å². The Morgan fingerprint density at radius 2 is 1.95 bits per heavy atom.